The zero-order valence-corrected chi connectivity index (χ0v) is 25.8. The topological polar surface area (TPSA) is 89.6 Å². The molecule has 9 nitrogen and oxygen atoms in total. The molecule has 2 aliphatic rings. The fourth-order valence-corrected chi connectivity index (χ4v) is 6.29. The first kappa shape index (κ1) is 31.5. The van der Waals surface area contributed by atoms with E-state index >= 15 is 0 Å². The van der Waals surface area contributed by atoms with Crippen molar-refractivity contribution in [2.45, 2.75) is 38.2 Å². The number of fused-ring (bicyclic) bond motifs is 1. The molecule has 1 unspecified atom stereocenters. The molecule has 9 heteroatoms. The van der Waals surface area contributed by atoms with E-state index in [-0.39, 0.29) is 24.5 Å². The Morgan fingerprint density at radius 2 is 1.57 bits per heavy atom. The Morgan fingerprint density at radius 1 is 0.909 bits per heavy atom. The van der Waals surface area contributed by atoms with Crippen LogP contribution in [0.25, 0.3) is 11.1 Å². The van der Waals surface area contributed by atoms with Crippen LogP contribution >= 0.6 is 0 Å². The summed E-state index contributed by atoms with van der Waals surface area (Å²) in [6, 6.07) is 25.9. The maximum atomic E-state index is 12.8. The monoisotopic (exact) mass is 601 g/mol. The van der Waals surface area contributed by atoms with E-state index in [2.05, 4.69) is 22.3 Å². The average Bonchev–Trinajstić information content (AvgIpc) is 3.59. The lowest BCUT2D eigenvalue weighted by atomic mass is 10.0. The van der Waals surface area contributed by atoms with Gasteiger partial charge in [0.15, 0.2) is 6.29 Å². The summed E-state index contributed by atoms with van der Waals surface area (Å²) < 4.78 is 22.0. The molecule has 3 aromatic carbocycles. The number of carbonyl (C=O) groups is 2. The van der Waals surface area contributed by atoms with Crippen LogP contribution in [-0.2, 0) is 25.5 Å². The molecule has 44 heavy (non-hydrogen) atoms. The standard InChI is InChI=1S/C35H43N3O6/c1-37(24-34(41-2)42-3)33(39)17-18-43-29-15-13-25(14-16-29)21-38-22-27-19-30(20-28(27)23-38)44-35(40)36-32-12-8-7-11-31(32)26-9-5-4-6-10-26/h4-16,27-28,30,34H,17-24H2,1-3H3,(H,36,40)/t27-,28+,30?. The Bertz CT molecular complexity index is 1350. The van der Waals surface area contributed by atoms with E-state index in [9.17, 15) is 9.59 Å². The highest BCUT2D eigenvalue weighted by atomic mass is 16.7. The molecule has 0 bridgehead atoms. The molecule has 1 heterocycles. The van der Waals surface area contributed by atoms with E-state index in [1.165, 1.54) is 5.56 Å². The van der Waals surface area contributed by atoms with Gasteiger partial charge in [0.25, 0.3) is 0 Å². The second kappa shape index (κ2) is 15.2. The minimum atomic E-state index is -0.442. The van der Waals surface area contributed by atoms with Gasteiger partial charge in [0, 0.05) is 46.5 Å². The molecule has 0 spiro atoms. The third-order valence-corrected chi connectivity index (χ3v) is 8.59. The number of anilines is 1. The van der Waals surface area contributed by atoms with Crippen molar-refractivity contribution in [2.75, 3.05) is 52.8 Å². The number of methoxy groups -OCH3 is 2. The quantitative estimate of drug-likeness (QED) is 0.253. The lowest BCUT2D eigenvalue weighted by Crippen LogP contribution is -2.36. The SMILES string of the molecule is COC(CN(C)C(=O)CCOc1ccc(CN2C[C@H]3CC(OC(=O)Nc4ccccc4-c4ccccc4)C[C@H]3C2)cc1)OC. The largest absolute Gasteiger partial charge is 0.493 e. The summed E-state index contributed by atoms with van der Waals surface area (Å²) >= 11 is 0. The lowest BCUT2D eigenvalue weighted by molar-refractivity contribution is -0.143. The number of rotatable bonds is 13. The van der Waals surface area contributed by atoms with Crippen molar-refractivity contribution in [1.82, 2.24) is 9.80 Å². The molecule has 0 aromatic heterocycles. The van der Waals surface area contributed by atoms with Gasteiger partial charge in [0.05, 0.1) is 25.3 Å². The highest BCUT2D eigenvalue weighted by Gasteiger charge is 2.42. The van der Waals surface area contributed by atoms with E-state index < -0.39 is 6.29 Å². The first-order valence-corrected chi connectivity index (χ1v) is 15.3. The molecule has 0 radical (unpaired) electrons. The van der Waals surface area contributed by atoms with Crippen LogP contribution in [-0.4, -0.2) is 81.7 Å². The van der Waals surface area contributed by atoms with E-state index in [1.807, 2.05) is 66.7 Å². The predicted molar refractivity (Wildman–Crippen MR) is 169 cm³/mol. The summed E-state index contributed by atoms with van der Waals surface area (Å²) in [4.78, 5) is 29.2. The highest BCUT2D eigenvalue weighted by molar-refractivity contribution is 5.91. The molecule has 234 valence electrons. The molecular weight excluding hydrogens is 558 g/mol. The van der Waals surface area contributed by atoms with Crippen LogP contribution in [0.15, 0.2) is 78.9 Å². The van der Waals surface area contributed by atoms with Crippen molar-refractivity contribution in [3.63, 3.8) is 0 Å². The number of ether oxygens (including phenoxy) is 4. The van der Waals surface area contributed by atoms with Gasteiger partial charge < -0.3 is 23.8 Å². The van der Waals surface area contributed by atoms with Gasteiger partial charge in [0.2, 0.25) is 5.91 Å². The molecule has 1 aliphatic carbocycles. The first-order valence-electron chi connectivity index (χ1n) is 15.3. The fourth-order valence-electron chi connectivity index (χ4n) is 6.29. The van der Waals surface area contributed by atoms with E-state index in [1.54, 1.807) is 26.2 Å². The van der Waals surface area contributed by atoms with Gasteiger partial charge in [-0.05, 0) is 54.0 Å². The lowest BCUT2D eigenvalue weighted by Gasteiger charge is -2.22. The third kappa shape index (κ3) is 8.37. The van der Waals surface area contributed by atoms with Crippen LogP contribution in [0.3, 0.4) is 0 Å². The van der Waals surface area contributed by atoms with Gasteiger partial charge in [-0.15, -0.1) is 0 Å². The van der Waals surface area contributed by atoms with Crippen LogP contribution < -0.4 is 10.1 Å². The number of amides is 2. The Kier molecular flexibility index (Phi) is 10.9. The van der Waals surface area contributed by atoms with Gasteiger partial charge in [0.1, 0.15) is 11.9 Å². The number of likely N-dealkylation sites (tertiary alicyclic amines) is 1. The number of hydrogen-bond donors (Lipinski definition) is 1. The maximum absolute atomic E-state index is 12.8. The normalized spacial score (nSPS) is 19.5. The van der Waals surface area contributed by atoms with Crippen molar-refractivity contribution < 1.29 is 28.5 Å². The van der Waals surface area contributed by atoms with Gasteiger partial charge >= 0.3 is 6.09 Å². The molecule has 1 saturated heterocycles. The Balaban J connectivity index is 1.02. The maximum Gasteiger partial charge on any atom is 0.411 e. The van der Waals surface area contributed by atoms with Crippen molar-refractivity contribution in [1.29, 1.82) is 0 Å². The molecule has 3 atom stereocenters. The molecule has 1 aliphatic heterocycles. The number of hydrogen-bond acceptors (Lipinski definition) is 7. The first-order chi connectivity index (χ1) is 21.4. The molecule has 1 N–H and O–H groups in total. The van der Waals surface area contributed by atoms with Crippen molar-refractivity contribution in [3.05, 3.63) is 84.4 Å². The molecule has 2 fully saturated rings. The van der Waals surface area contributed by atoms with Gasteiger partial charge in [-0.25, -0.2) is 4.79 Å². The average molecular weight is 602 g/mol. The minimum Gasteiger partial charge on any atom is -0.493 e. The predicted octanol–water partition coefficient (Wildman–Crippen LogP) is 5.66. The smallest absolute Gasteiger partial charge is 0.411 e. The summed E-state index contributed by atoms with van der Waals surface area (Å²) in [5.41, 5.74) is 4.00. The Hall–Kier alpha value is -3.92. The minimum absolute atomic E-state index is 0.0260. The number of nitrogens with one attached hydrogen (secondary N) is 1. The van der Waals surface area contributed by atoms with Crippen molar-refractivity contribution >= 4 is 17.7 Å². The molecule has 5 rings (SSSR count). The van der Waals surface area contributed by atoms with Crippen molar-refractivity contribution in [3.8, 4) is 16.9 Å². The van der Waals surface area contributed by atoms with Crippen LogP contribution in [0.4, 0.5) is 10.5 Å². The number of nitrogens with zero attached hydrogens (tertiary/aromatic N) is 2. The van der Waals surface area contributed by atoms with Crippen LogP contribution in [0.5, 0.6) is 5.75 Å². The van der Waals surface area contributed by atoms with Crippen LogP contribution in [0, 0.1) is 11.8 Å². The number of para-hydroxylation sites is 1. The Morgan fingerprint density at radius 3 is 2.25 bits per heavy atom. The number of likely N-dealkylation sites (N-methyl/N-ethyl adjacent to an activating group) is 1. The number of carbonyl (C=O) groups excluding carboxylic acids is 2. The van der Waals surface area contributed by atoms with Gasteiger partial charge in [-0.1, -0.05) is 60.7 Å². The van der Waals surface area contributed by atoms with Crippen LogP contribution in [0.1, 0.15) is 24.8 Å². The highest BCUT2D eigenvalue weighted by Crippen LogP contribution is 2.40. The third-order valence-electron chi connectivity index (χ3n) is 8.59. The van der Waals surface area contributed by atoms with E-state index in [4.69, 9.17) is 18.9 Å². The Labute approximate surface area is 260 Å². The summed E-state index contributed by atoms with van der Waals surface area (Å²) in [6.07, 6.45) is 1.19. The van der Waals surface area contributed by atoms with Gasteiger partial charge in [-0.2, -0.15) is 0 Å². The number of benzene rings is 3. The van der Waals surface area contributed by atoms with E-state index in [0.717, 1.165) is 55.0 Å². The summed E-state index contributed by atoms with van der Waals surface area (Å²) in [5, 5.41) is 2.97. The molecule has 3 aromatic rings. The summed E-state index contributed by atoms with van der Waals surface area (Å²) in [5.74, 6) is 1.79. The van der Waals surface area contributed by atoms with Crippen molar-refractivity contribution in [2.24, 2.45) is 11.8 Å². The summed E-state index contributed by atoms with van der Waals surface area (Å²) in [6.45, 7) is 3.56. The molecular formula is C35H43N3O6. The summed E-state index contributed by atoms with van der Waals surface area (Å²) in [7, 11) is 4.83. The zero-order chi connectivity index (χ0) is 30.9. The fraction of sp³-hybridized carbons (Fsp3) is 0.429. The molecule has 2 amide bonds. The zero-order valence-electron chi connectivity index (χ0n) is 25.8. The van der Waals surface area contributed by atoms with E-state index in [0.29, 0.717) is 25.0 Å². The van der Waals surface area contributed by atoms with Crippen LogP contribution in [0.2, 0.25) is 0 Å². The second-order valence-electron chi connectivity index (χ2n) is 11.7. The second-order valence-corrected chi connectivity index (χ2v) is 11.7. The van der Waals surface area contributed by atoms with Gasteiger partial charge in [-0.3, -0.25) is 15.0 Å². The molecule has 1 saturated carbocycles.